The van der Waals surface area contributed by atoms with Crippen LogP contribution in [0.5, 0.6) is 0 Å². The lowest BCUT2D eigenvalue weighted by Crippen LogP contribution is -2.21. The third-order valence-electron chi connectivity index (χ3n) is 4.21. The Morgan fingerprint density at radius 3 is 2.81 bits per heavy atom. The van der Waals surface area contributed by atoms with Gasteiger partial charge in [-0.25, -0.2) is 14.1 Å². The zero-order valence-corrected chi connectivity index (χ0v) is 14.8. The Morgan fingerprint density at radius 1 is 1.23 bits per heavy atom. The van der Waals surface area contributed by atoms with Crippen LogP contribution in [0.25, 0.3) is 5.69 Å². The Kier molecular flexibility index (Phi) is 4.46. The maximum Gasteiger partial charge on any atom is 0.141 e. The third kappa shape index (κ3) is 3.34. The van der Waals surface area contributed by atoms with Crippen molar-refractivity contribution in [2.75, 3.05) is 0 Å². The minimum absolute atomic E-state index is 0.0956. The van der Waals surface area contributed by atoms with Gasteiger partial charge in [0.05, 0.1) is 24.1 Å². The van der Waals surface area contributed by atoms with E-state index in [0.717, 1.165) is 28.9 Å². The molecule has 0 saturated carbocycles. The highest BCUT2D eigenvalue weighted by molar-refractivity contribution is 6.29. The van der Waals surface area contributed by atoms with Crippen LogP contribution in [0.3, 0.4) is 0 Å². The molecule has 0 spiro atoms. The topological polar surface area (TPSA) is 39.9 Å². The first-order valence-corrected chi connectivity index (χ1v) is 8.60. The summed E-state index contributed by atoms with van der Waals surface area (Å²) in [5.41, 5.74) is 4.24. The fourth-order valence-electron chi connectivity index (χ4n) is 2.91. The molecule has 6 heteroatoms. The smallest absolute Gasteiger partial charge is 0.141 e. The second-order valence-electron chi connectivity index (χ2n) is 6.11. The minimum atomic E-state index is -0.277. The number of rotatable bonds is 1. The SMILES string of the molecule is C[C@H]1Cc2c(c(C#Cc3ccnc(Cl)c3)nn2-c2ccc(F)cc2)CO1. The lowest BCUT2D eigenvalue weighted by Gasteiger charge is -2.20. The van der Waals surface area contributed by atoms with Crippen LogP contribution in [0.15, 0.2) is 42.6 Å². The van der Waals surface area contributed by atoms with Crippen molar-refractivity contribution in [1.82, 2.24) is 14.8 Å². The Balaban J connectivity index is 1.79. The summed E-state index contributed by atoms with van der Waals surface area (Å²) in [5.74, 6) is 5.90. The van der Waals surface area contributed by atoms with Gasteiger partial charge < -0.3 is 4.74 Å². The number of hydrogen-bond donors (Lipinski definition) is 0. The first kappa shape index (κ1) is 16.8. The van der Waals surface area contributed by atoms with Crippen LogP contribution >= 0.6 is 11.6 Å². The van der Waals surface area contributed by atoms with Crippen molar-refractivity contribution >= 4 is 11.6 Å². The largest absolute Gasteiger partial charge is 0.373 e. The van der Waals surface area contributed by atoms with Crippen LogP contribution < -0.4 is 0 Å². The van der Waals surface area contributed by atoms with E-state index in [4.69, 9.17) is 16.3 Å². The number of halogens is 2. The monoisotopic (exact) mass is 367 g/mol. The number of hydrogen-bond acceptors (Lipinski definition) is 3. The lowest BCUT2D eigenvalue weighted by atomic mass is 10.1. The molecule has 1 aliphatic rings. The van der Waals surface area contributed by atoms with E-state index in [1.165, 1.54) is 12.1 Å². The van der Waals surface area contributed by atoms with E-state index >= 15 is 0 Å². The standard InChI is InChI=1S/C20H15ClFN3O/c1-13-10-19-17(12-26-13)18(7-2-14-8-9-23-20(21)11-14)24-25(19)16-5-3-15(22)4-6-16/h3-6,8-9,11,13H,10,12H2,1H3/t13-/m0/s1. The van der Waals surface area contributed by atoms with E-state index < -0.39 is 0 Å². The second-order valence-corrected chi connectivity index (χ2v) is 6.49. The fourth-order valence-corrected chi connectivity index (χ4v) is 3.09. The first-order chi connectivity index (χ1) is 12.6. The van der Waals surface area contributed by atoms with Crippen LogP contribution in [-0.4, -0.2) is 20.9 Å². The van der Waals surface area contributed by atoms with Gasteiger partial charge in [-0.3, -0.25) is 0 Å². The van der Waals surface area contributed by atoms with Crippen molar-refractivity contribution in [3.05, 3.63) is 76.1 Å². The van der Waals surface area contributed by atoms with Crippen molar-refractivity contribution in [3.63, 3.8) is 0 Å². The predicted octanol–water partition coefficient (Wildman–Crippen LogP) is 3.92. The van der Waals surface area contributed by atoms with E-state index in [9.17, 15) is 4.39 Å². The summed E-state index contributed by atoms with van der Waals surface area (Å²) in [6, 6.07) is 9.77. The van der Waals surface area contributed by atoms with Crippen LogP contribution in [0.1, 0.15) is 29.4 Å². The summed E-state index contributed by atoms with van der Waals surface area (Å²) in [6.45, 7) is 2.48. The fraction of sp³-hybridized carbons (Fsp3) is 0.200. The highest BCUT2D eigenvalue weighted by Crippen LogP contribution is 2.26. The summed E-state index contributed by atoms with van der Waals surface area (Å²) >= 11 is 5.91. The molecule has 2 aromatic heterocycles. The average Bonchev–Trinajstić information content (AvgIpc) is 2.98. The summed E-state index contributed by atoms with van der Waals surface area (Å²) < 4.78 is 20.9. The number of benzene rings is 1. The summed E-state index contributed by atoms with van der Waals surface area (Å²) in [6.07, 6.45) is 2.44. The number of pyridine rings is 1. The van der Waals surface area contributed by atoms with Crippen molar-refractivity contribution in [2.24, 2.45) is 0 Å². The van der Waals surface area contributed by atoms with Crippen molar-refractivity contribution in [1.29, 1.82) is 0 Å². The average molecular weight is 368 g/mol. The normalized spacial score (nSPS) is 15.9. The van der Waals surface area contributed by atoms with Gasteiger partial charge in [-0.15, -0.1) is 0 Å². The molecular weight excluding hydrogens is 353 g/mol. The molecule has 0 aliphatic carbocycles. The van der Waals surface area contributed by atoms with Crippen molar-refractivity contribution in [3.8, 4) is 17.5 Å². The molecule has 0 N–H and O–H groups in total. The van der Waals surface area contributed by atoms with Crippen LogP contribution in [0.4, 0.5) is 4.39 Å². The molecule has 0 amide bonds. The molecule has 3 heterocycles. The maximum atomic E-state index is 13.3. The zero-order chi connectivity index (χ0) is 18.1. The Morgan fingerprint density at radius 2 is 2.04 bits per heavy atom. The molecule has 4 rings (SSSR count). The minimum Gasteiger partial charge on any atom is -0.373 e. The van der Waals surface area contributed by atoms with Gasteiger partial charge in [0, 0.05) is 23.7 Å². The highest BCUT2D eigenvalue weighted by atomic mass is 35.5. The van der Waals surface area contributed by atoms with Gasteiger partial charge in [0.2, 0.25) is 0 Å². The third-order valence-corrected chi connectivity index (χ3v) is 4.41. The molecule has 0 radical (unpaired) electrons. The summed E-state index contributed by atoms with van der Waals surface area (Å²) in [4.78, 5) is 3.95. The second kappa shape index (κ2) is 6.91. The first-order valence-electron chi connectivity index (χ1n) is 8.22. The van der Waals surface area contributed by atoms with E-state index in [0.29, 0.717) is 17.5 Å². The predicted molar refractivity (Wildman–Crippen MR) is 96.7 cm³/mol. The maximum absolute atomic E-state index is 13.3. The van der Waals surface area contributed by atoms with Gasteiger partial charge in [0.15, 0.2) is 0 Å². The molecule has 0 saturated heterocycles. The van der Waals surface area contributed by atoms with E-state index in [1.807, 2.05) is 11.6 Å². The number of aromatic nitrogens is 3. The Bertz CT molecular complexity index is 1020. The Labute approximate surface area is 155 Å². The highest BCUT2D eigenvalue weighted by Gasteiger charge is 2.24. The number of nitrogens with zero attached hydrogens (tertiary/aromatic N) is 3. The number of fused-ring (bicyclic) bond motifs is 1. The van der Waals surface area contributed by atoms with Gasteiger partial charge in [-0.05, 0) is 49.2 Å². The molecule has 1 aromatic carbocycles. The van der Waals surface area contributed by atoms with Gasteiger partial charge in [0.25, 0.3) is 0 Å². The molecular formula is C20H15ClFN3O. The molecule has 4 nitrogen and oxygen atoms in total. The van der Waals surface area contributed by atoms with Gasteiger partial charge in [-0.2, -0.15) is 5.10 Å². The van der Waals surface area contributed by atoms with Crippen LogP contribution in [0.2, 0.25) is 5.15 Å². The Hall–Kier alpha value is -2.68. The zero-order valence-electron chi connectivity index (χ0n) is 14.0. The molecule has 0 unspecified atom stereocenters. The van der Waals surface area contributed by atoms with E-state index in [-0.39, 0.29) is 11.9 Å². The molecule has 0 bridgehead atoms. The van der Waals surface area contributed by atoms with Crippen LogP contribution in [-0.2, 0) is 17.8 Å². The molecule has 130 valence electrons. The van der Waals surface area contributed by atoms with E-state index in [1.54, 1.807) is 30.5 Å². The molecule has 3 aromatic rings. The quantitative estimate of drug-likeness (QED) is 0.483. The van der Waals surface area contributed by atoms with Crippen molar-refractivity contribution < 1.29 is 9.13 Å². The molecule has 0 fully saturated rings. The molecule has 1 aliphatic heterocycles. The lowest BCUT2D eigenvalue weighted by molar-refractivity contribution is 0.0397. The molecule has 1 atom stereocenters. The van der Waals surface area contributed by atoms with Crippen molar-refractivity contribution in [2.45, 2.75) is 26.1 Å². The number of ether oxygens (including phenoxy) is 1. The van der Waals surface area contributed by atoms with Gasteiger partial charge >= 0.3 is 0 Å². The van der Waals surface area contributed by atoms with Gasteiger partial charge in [0.1, 0.15) is 16.7 Å². The summed E-state index contributed by atoms with van der Waals surface area (Å²) in [5, 5.41) is 5.05. The van der Waals surface area contributed by atoms with Gasteiger partial charge in [-0.1, -0.05) is 17.5 Å². The molecule has 26 heavy (non-hydrogen) atoms. The van der Waals surface area contributed by atoms with Crippen LogP contribution in [0, 0.1) is 17.7 Å². The summed E-state index contributed by atoms with van der Waals surface area (Å²) in [7, 11) is 0. The van der Waals surface area contributed by atoms with E-state index in [2.05, 4.69) is 21.9 Å².